The van der Waals surface area contributed by atoms with Gasteiger partial charge in [-0.1, -0.05) is 0 Å². The standard InChI is InChI=1S/C13H17N3O5.ClH/c1-21-12-3-2-9(16(19)20)4-10(12)13(18)15-6-8-5-14-7-11(8)17;/h2-4,8,11,14,17H,5-7H2,1H3,(H,15,18);1H. The Labute approximate surface area is 133 Å². The van der Waals surface area contributed by atoms with Gasteiger partial charge in [0, 0.05) is 37.7 Å². The molecule has 1 heterocycles. The SMILES string of the molecule is COc1ccc([N+](=O)[O-])cc1C(=O)NCC1CNCC1O.Cl. The van der Waals surface area contributed by atoms with Gasteiger partial charge in [-0.3, -0.25) is 14.9 Å². The molecule has 0 saturated carbocycles. The number of halogens is 1. The Morgan fingerprint density at radius 2 is 2.27 bits per heavy atom. The second-order valence-corrected chi connectivity index (χ2v) is 4.84. The molecule has 2 unspecified atom stereocenters. The predicted molar refractivity (Wildman–Crippen MR) is 81.6 cm³/mol. The highest BCUT2D eigenvalue weighted by molar-refractivity contribution is 5.97. The molecule has 0 radical (unpaired) electrons. The summed E-state index contributed by atoms with van der Waals surface area (Å²) in [6.07, 6.45) is -0.502. The number of benzene rings is 1. The Balaban J connectivity index is 0.00000242. The summed E-state index contributed by atoms with van der Waals surface area (Å²) in [4.78, 5) is 22.4. The fourth-order valence-corrected chi connectivity index (χ4v) is 2.23. The van der Waals surface area contributed by atoms with Crippen molar-refractivity contribution in [2.24, 2.45) is 5.92 Å². The highest BCUT2D eigenvalue weighted by atomic mass is 35.5. The Bertz CT molecular complexity index is 554. The zero-order valence-electron chi connectivity index (χ0n) is 11.9. The number of β-amino-alcohol motifs (C(OH)–C–C–N with tert-alkyl or cyclic N) is 1. The number of hydrogen-bond donors (Lipinski definition) is 3. The second-order valence-electron chi connectivity index (χ2n) is 4.84. The minimum atomic E-state index is -0.569. The average Bonchev–Trinajstić information content (AvgIpc) is 2.89. The molecular formula is C13H18ClN3O5. The first kappa shape index (κ1) is 18.1. The largest absolute Gasteiger partial charge is 0.496 e. The van der Waals surface area contributed by atoms with Crippen molar-refractivity contribution in [3.8, 4) is 5.75 Å². The molecule has 9 heteroatoms. The van der Waals surface area contributed by atoms with E-state index in [9.17, 15) is 20.0 Å². The Morgan fingerprint density at radius 1 is 1.55 bits per heavy atom. The van der Waals surface area contributed by atoms with Gasteiger partial charge in [0.15, 0.2) is 0 Å². The number of nitro groups is 1. The summed E-state index contributed by atoms with van der Waals surface area (Å²) in [5, 5.41) is 26.1. The third-order valence-electron chi connectivity index (χ3n) is 3.47. The van der Waals surface area contributed by atoms with Crippen molar-refractivity contribution < 1.29 is 19.6 Å². The van der Waals surface area contributed by atoms with Crippen molar-refractivity contribution in [1.29, 1.82) is 0 Å². The molecular weight excluding hydrogens is 314 g/mol. The molecule has 1 aliphatic rings. The van der Waals surface area contributed by atoms with Crippen LogP contribution in [0.15, 0.2) is 18.2 Å². The van der Waals surface area contributed by atoms with E-state index >= 15 is 0 Å². The maximum Gasteiger partial charge on any atom is 0.270 e. The van der Waals surface area contributed by atoms with Crippen LogP contribution >= 0.6 is 12.4 Å². The fraction of sp³-hybridized carbons (Fsp3) is 0.462. The van der Waals surface area contributed by atoms with Gasteiger partial charge in [-0.2, -0.15) is 0 Å². The van der Waals surface area contributed by atoms with E-state index in [0.717, 1.165) is 0 Å². The molecule has 3 N–H and O–H groups in total. The number of nitrogens with zero attached hydrogens (tertiary/aromatic N) is 1. The van der Waals surface area contributed by atoms with Crippen LogP contribution in [0.2, 0.25) is 0 Å². The average molecular weight is 332 g/mol. The van der Waals surface area contributed by atoms with Crippen molar-refractivity contribution in [1.82, 2.24) is 10.6 Å². The molecule has 0 bridgehead atoms. The fourth-order valence-electron chi connectivity index (χ4n) is 2.23. The van der Waals surface area contributed by atoms with Crippen LogP contribution in [0.4, 0.5) is 5.69 Å². The van der Waals surface area contributed by atoms with Crippen LogP contribution in [0.25, 0.3) is 0 Å². The summed E-state index contributed by atoms with van der Waals surface area (Å²) >= 11 is 0. The van der Waals surface area contributed by atoms with Gasteiger partial charge >= 0.3 is 0 Å². The van der Waals surface area contributed by atoms with Gasteiger partial charge in [-0.05, 0) is 6.07 Å². The lowest BCUT2D eigenvalue weighted by Gasteiger charge is -2.15. The van der Waals surface area contributed by atoms with Gasteiger partial charge in [-0.25, -0.2) is 0 Å². The lowest BCUT2D eigenvalue weighted by atomic mass is 10.1. The molecule has 1 saturated heterocycles. The van der Waals surface area contributed by atoms with Gasteiger partial charge < -0.3 is 20.5 Å². The molecule has 122 valence electrons. The number of carbonyl (C=O) groups excluding carboxylic acids is 1. The molecule has 1 aromatic rings. The summed E-state index contributed by atoms with van der Waals surface area (Å²) in [6, 6.07) is 3.84. The van der Waals surface area contributed by atoms with Crippen LogP contribution in [0, 0.1) is 16.0 Å². The van der Waals surface area contributed by atoms with Crippen molar-refractivity contribution in [2.75, 3.05) is 26.7 Å². The molecule has 1 amide bonds. The topological polar surface area (TPSA) is 114 Å². The quantitative estimate of drug-likeness (QED) is 0.529. The maximum atomic E-state index is 12.1. The first-order valence-corrected chi connectivity index (χ1v) is 6.52. The van der Waals surface area contributed by atoms with Gasteiger partial charge in [0.25, 0.3) is 11.6 Å². The lowest BCUT2D eigenvalue weighted by Crippen LogP contribution is -2.34. The summed E-state index contributed by atoms with van der Waals surface area (Å²) in [5.74, 6) is -0.267. The molecule has 1 fully saturated rings. The molecule has 0 aliphatic carbocycles. The van der Waals surface area contributed by atoms with Gasteiger partial charge in [0.2, 0.25) is 0 Å². The predicted octanol–water partition coefficient (Wildman–Crippen LogP) is 0.335. The summed E-state index contributed by atoms with van der Waals surface area (Å²) in [7, 11) is 1.39. The number of aliphatic hydroxyl groups is 1. The number of nitro benzene ring substituents is 1. The minimum absolute atomic E-state index is 0. The van der Waals surface area contributed by atoms with Crippen LogP contribution < -0.4 is 15.4 Å². The number of aliphatic hydroxyl groups excluding tert-OH is 1. The maximum absolute atomic E-state index is 12.1. The molecule has 2 atom stereocenters. The minimum Gasteiger partial charge on any atom is -0.496 e. The number of hydrogen-bond acceptors (Lipinski definition) is 6. The first-order chi connectivity index (χ1) is 10.0. The Hall–Kier alpha value is -1.90. The lowest BCUT2D eigenvalue weighted by molar-refractivity contribution is -0.384. The van der Waals surface area contributed by atoms with E-state index in [1.807, 2.05) is 0 Å². The second kappa shape index (κ2) is 7.92. The first-order valence-electron chi connectivity index (χ1n) is 6.52. The van der Waals surface area contributed by atoms with E-state index in [0.29, 0.717) is 19.6 Å². The van der Waals surface area contributed by atoms with Gasteiger partial charge in [-0.15, -0.1) is 12.4 Å². The number of rotatable bonds is 5. The van der Waals surface area contributed by atoms with Crippen LogP contribution in [0.3, 0.4) is 0 Å². The molecule has 0 aromatic heterocycles. The van der Waals surface area contributed by atoms with E-state index in [1.54, 1.807) is 0 Å². The van der Waals surface area contributed by atoms with E-state index in [2.05, 4.69) is 10.6 Å². The molecule has 1 aromatic carbocycles. The number of non-ortho nitro benzene ring substituents is 1. The smallest absolute Gasteiger partial charge is 0.270 e. The van der Waals surface area contributed by atoms with Crippen molar-refractivity contribution in [3.63, 3.8) is 0 Å². The van der Waals surface area contributed by atoms with Crippen LogP contribution in [-0.4, -0.2) is 48.8 Å². The van der Waals surface area contributed by atoms with Crippen LogP contribution in [0.1, 0.15) is 10.4 Å². The third kappa shape index (κ3) is 4.06. The number of methoxy groups -OCH3 is 1. The van der Waals surface area contributed by atoms with Gasteiger partial charge in [0.1, 0.15) is 5.75 Å². The molecule has 0 spiro atoms. The zero-order valence-corrected chi connectivity index (χ0v) is 12.8. The molecule has 22 heavy (non-hydrogen) atoms. The van der Waals surface area contributed by atoms with Crippen LogP contribution in [0.5, 0.6) is 5.75 Å². The van der Waals surface area contributed by atoms with Crippen molar-refractivity contribution in [2.45, 2.75) is 6.10 Å². The van der Waals surface area contributed by atoms with E-state index in [1.165, 1.54) is 25.3 Å². The Kier molecular flexibility index (Phi) is 6.54. The monoisotopic (exact) mass is 331 g/mol. The number of ether oxygens (including phenoxy) is 1. The normalized spacial score (nSPS) is 20.1. The van der Waals surface area contributed by atoms with Crippen molar-refractivity contribution >= 4 is 24.0 Å². The van der Waals surface area contributed by atoms with E-state index in [4.69, 9.17) is 4.74 Å². The molecule has 1 aliphatic heterocycles. The number of carbonyl (C=O) groups is 1. The number of nitrogens with one attached hydrogen (secondary N) is 2. The third-order valence-corrected chi connectivity index (χ3v) is 3.47. The highest BCUT2D eigenvalue weighted by Gasteiger charge is 2.26. The highest BCUT2D eigenvalue weighted by Crippen LogP contribution is 2.24. The van der Waals surface area contributed by atoms with E-state index < -0.39 is 16.9 Å². The summed E-state index contributed by atoms with van der Waals surface area (Å²) in [5.41, 5.74) is -0.0735. The Morgan fingerprint density at radius 3 is 2.82 bits per heavy atom. The molecule has 8 nitrogen and oxygen atoms in total. The van der Waals surface area contributed by atoms with E-state index in [-0.39, 0.29) is 35.3 Å². The zero-order chi connectivity index (χ0) is 15.4. The molecule has 2 rings (SSSR count). The van der Waals surface area contributed by atoms with Gasteiger partial charge in [0.05, 0.1) is 23.7 Å². The summed E-state index contributed by atoms with van der Waals surface area (Å²) < 4.78 is 5.05. The van der Waals surface area contributed by atoms with Crippen molar-refractivity contribution in [3.05, 3.63) is 33.9 Å². The van der Waals surface area contributed by atoms with Crippen LogP contribution in [-0.2, 0) is 0 Å². The number of amides is 1. The summed E-state index contributed by atoms with van der Waals surface area (Å²) in [6.45, 7) is 1.41.